The van der Waals surface area contributed by atoms with Gasteiger partial charge in [-0.2, -0.15) is 0 Å². The van der Waals surface area contributed by atoms with E-state index in [-0.39, 0.29) is 5.75 Å². The van der Waals surface area contributed by atoms with Crippen LogP contribution in [0.2, 0.25) is 0 Å². The van der Waals surface area contributed by atoms with Crippen LogP contribution in [0.5, 0.6) is 11.6 Å². The van der Waals surface area contributed by atoms with Gasteiger partial charge in [-0.3, -0.25) is 0 Å². The summed E-state index contributed by atoms with van der Waals surface area (Å²) in [5, 5.41) is 9.24. The SMILES string of the molecule is COc1cc(CN)cc(-c2ccc(O)cc2)n1. The first-order chi connectivity index (χ1) is 8.22. The lowest BCUT2D eigenvalue weighted by Crippen LogP contribution is -1.99. The topological polar surface area (TPSA) is 68.4 Å². The minimum atomic E-state index is 0.232. The molecule has 0 bridgehead atoms. The third kappa shape index (κ3) is 2.54. The minimum absolute atomic E-state index is 0.232. The van der Waals surface area contributed by atoms with Crippen LogP contribution in [0.3, 0.4) is 0 Å². The largest absolute Gasteiger partial charge is 0.508 e. The van der Waals surface area contributed by atoms with Crippen molar-refractivity contribution in [1.29, 1.82) is 0 Å². The van der Waals surface area contributed by atoms with Gasteiger partial charge in [-0.15, -0.1) is 0 Å². The van der Waals surface area contributed by atoms with E-state index >= 15 is 0 Å². The van der Waals surface area contributed by atoms with Crippen molar-refractivity contribution in [3.05, 3.63) is 42.0 Å². The zero-order valence-corrected chi connectivity index (χ0v) is 9.55. The highest BCUT2D eigenvalue weighted by Gasteiger charge is 2.04. The highest BCUT2D eigenvalue weighted by atomic mass is 16.5. The average Bonchev–Trinajstić information content (AvgIpc) is 2.39. The highest BCUT2D eigenvalue weighted by Crippen LogP contribution is 2.23. The molecule has 0 fully saturated rings. The molecule has 0 saturated carbocycles. The Kier molecular flexibility index (Phi) is 3.25. The Balaban J connectivity index is 2.46. The number of nitrogens with zero attached hydrogens (tertiary/aromatic N) is 1. The summed E-state index contributed by atoms with van der Waals surface area (Å²) in [6.45, 7) is 0.434. The van der Waals surface area contributed by atoms with Crippen molar-refractivity contribution in [2.24, 2.45) is 5.73 Å². The molecule has 0 amide bonds. The van der Waals surface area contributed by atoms with Gasteiger partial charge in [0.2, 0.25) is 5.88 Å². The summed E-state index contributed by atoms with van der Waals surface area (Å²) >= 11 is 0. The molecule has 1 aromatic heterocycles. The Labute approximate surface area is 99.7 Å². The molecule has 17 heavy (non-hydrogen) atoms. The van der Waals surface area contributed by atoms with Crippen LogP contribution in [0.1, 0.15) is 5.56 Å². The molecule has 4 nitrogen and oxygen atoms in total. The summed E-state index contributed by atoms with van der Waals surface area (Å²) in [4.78, 5) is 4.34. The predicted octanol–water partition coefficient (Wildman–Crippen LogP) is 1.92. The summed E-state index contributed by atoms with van der Waals surface area (Å²) < 4.78 is 5.13. The zero-order chi connectivity index (χ0) is 12.3. The first-order valence-electron chi connectivity index (χ1n) is 5.27. The molecule has 1 aromatic carbocycles. The fourth-order valence-electron chi connectivity index (χ4n) is 1.56. The third-order valence-electron chi connectivity index (χ3n) is 2.47. The number of nitrogens with two attached hydrogens (primary N) is 1. The molecular weight excluding hydrogens is 216 g/mol. The van der Waals surface area contributed by atoms with Gasteiger partial charge in [-0.1, -0.05) is 0 Å². The van der Waals surface area contributed by atoms with Gasteiger partial charge in [0.05, 0.1) is 12.8 Å². The maximum Gasteiger partial charge on any atom is 0.213 e. The summed E-state index contributed by atoms with van der Waals surface area (Å²) in [5.41, 5.74) is 8.27. The van der Waals surface area contributed by atoms with Crippen molar-refractivity contribution in [3.63, 3.8) is 0 Å². The Morgan fingerprint density at radius 2 is 1.94 bits per heavy atom. The van der Waals surface area contributed by atoms with Crippen molar-refractivity contribution in [2.75, 3.05) is 7.11 Å². The second-order valence-electron chi connectivity index (χ2n) is 3.65. The van der Waals surface area contributed by atoms with Crippen LogP contribution in [0, 0.1) is 0 Å². The molecule has 0 aliphatic rings. The Morgan fingerprint density at radius 1 is 1.24 bits per heavy atom. The first-order valence-corrected chi connectivity index (χ1v) is 5.27. The van der Waals surface area contributed by atoms with Gasteiger partial charge < -0.3 is 15.6 Å². The van der Waals surface area contributed by atoms with Gasteiger partial charge in [0, 0.05) is 18.2 Å². The Hall–Kier alpha value is -2.07. The molecule has 2 aromatic rings. The molecule has 0 aliphatic carbocycles. The molecule has 88 valence electrons. The van der Waals surface area contributed by atoms with Crippen LogP contribution in [-0.2, 0) is 6.54 Å². The van der Waals surface area contributed by atoms with Crippen LogP contribution >= 0.6 is 0 Å². The van der Waals surface area contributed by atoms with Crippen LogP contribution in [0.15, 0.2) is 36.4 Å². The van der Waals surface area contributed by atoms with Crippen molar-refractivity contribution >= 4 is 0 Å². The van der Waals surface area contributed by atoms with Crippen LogP contribution < -0.4 is 10.5 Å². The lowest BCUT2D eigenvalue weighted by atomic mass is 10.1. The van der Waals surface area contributed by atoms with E-state index in [1.165, 1.54) is 0 Å². The fourth-order valence-corrected chi connectivity index (χ4v) is 1.56. The van der Waals surface area contributed by atoms with Crippen molar-refractivity contribution in [3.8, 4) is 22.9 Å². The second kappa shape index (κ2) is 4.84. The van der Waals surface area contributed by atoms with Gasteiger partial charge in [0.1, 0.15) is 5.75 Å². The lowest BCUT2D eigenvalue weighted by Gasteiger charge is -2.07. The maximum absolute atomic E-state index is 9.24. The smallest absolute Gasteiger partial charge is 0.213 e. The summed E-state index contributed by atoms with van der Waals surface area (Å²) in [5.74, 6) is 0.770. The number of pyridine rings is 1. The number of benzene rings is 1. The van der Waals surface area contributed by atoms with E-state index in [2.05, 4.69) is 4.98 Å². The van der Waals surface area contributed by atoms with Crippen molar-refractivity contribution < 1.29 is 9.84 Å². The van der Waals surface area contributed by atoms with Gasteiger partial charge in [0.15, 0.2) is 0 Å². The molecular formula is C13H14N2O2. The monoisotopic (exact) mass is 230 g/mol. The number of rotatable bonds is 3. The van der Waals surface area contributed by atoms with E-state index in [4.69, 9.17) is 10.5 Å². The lowest BCUT2D eigenvalue weighted by molar-refractivity contribution is 0.398. The van der Waals surface area contributed by atoms with E-state index in [1.807, 2.05) is 12.1 Å². The highest BCUT2D eigenvalue weighted by molar-refractivity contribution is 5.61. The molecule has 0 saturated heterocycles. The van der Waals surface area contributed by atoms with E-state index in [0.717, 1.165) is 16.8 Å². The normalized spacial score (nSPS) is 10.2. The van der Waals surface area contributed by atoms with Crippen LogP contribution in [0.25, 0.3) is 11.3 Å². The first kappa shape index (κ1) is 11.4. The van der Waals surface area contributed by atoms with Gasteiger partial charge in [0.25, 0.3) is 0 Å². The quantitative estimate of drug-likeness (QED) is 0.845. The van der Waals surface area contributed by atoms with E-state index in [9.17, 15) is 5.11 Å². The second-order valence-corrected chi connectivity index (χ2v) is 3.65. The summed E-state index contributed by atoms with van der Waals surface area (Å²) in [6.07, 6.45) is 0. The number of ether oxygens (including phenoxy) is 1. The molecule has 1 heterocycles. The third-order valence-corrected chi connectivity index (χ3v) is 2.47. The summed E-state index contributed by atoms with van der Waals surface area (Å²) in [6, 6.07) is 10.6. The van der Waals surface area contributed by atoms with Crippen LogP contribution in [-0.4, -0.2) is 17.2 Å². The van der Waals surface area contributed by atoms with E-state index in [0.29, 0.717) is 12.4 Å². The molecule has 2 rings (SSSR count). The molecule has 0 unspecified atom stereocenters. The van der Waals surface area contributed by atoms with Gasteiger partial charge in [-0.05, 0) is 35.9 Å². The van der Waals surface area contributed by atoms with Gasteiger partial charge >= 0.3 is 0 Å². The minimum Gasteiger partial charge on any atom is -0.508 e. The Morgan fingerprint density at radius 3 is 2.53 bits per heavy atom. The molecule has 0 atom stereocenters. The van der Waals surface area contributed by atoms with Gasteiger partial charge in [-0.25, -0.2) is 4.98 Å². The molecule has 0 spiro atoms. The van der Waals surface area contributed by atoms with E-state index in [1.54, 1.807) is 31.4 Å². The molecule has 0 radical (unpaired) electrons. The van der Waals surface area contributed by atoms with Crippen molar-refractivity contribution in [2.45, 2.75) is 6.54 Å². The van der Waals surface area contributed by atoms with E-state index < -0.39 is 0 Å². The van der Waals surface area contributed by atoms with Crippen molar-refractivity contribution in [1.82, 2.24) is 4.98 Å². The molecule has 3 N–H and O–H groups in total. The number of hydrogen-bond donors (Lipinski definition) is 2. The zero-order valence-electron chi connectivity index (χ0n) is 9.55. The number of phenolic OH excluding ortho intramolecular Hbond substituents is 1. The Bertz CT molecular complexity index is 487. The molecule has 0 aliphatic heterocycles. The molecule has 4 heteroatoms. The van der Waals surface area contributed by atoms with Crippen LogP contribution in [0.4, 0.5) is 0 Å². The predicted molar refractivity (Wildman–Crippen MR) is 65.8 cm³/mol. The number of hydrogen-bond acceptors (Lipinski definition) is 4. The number of aromatic nitrogens is 1. The number of methoxy groups -OCH3 is 1. The fraction of sp³-hybridized carbons (Fsp3) is 0.154. The average molecular weight is 230 g/mol. The standard InChI is InChI=1S/C13H14N2O2/c1-17-13-7-9(8-14)6-12(15-13)10-2-4-11(16)5-3-10/h2-7,16H,8,14H2,1H3. The number of phenols is 1. The summed E-state index contributed by atoms with van der Waals surface area (Å²) in [7, 11) is 1.57. The number of aromatic hydroxyl groups is 1. The maximum atomic E-state index is 9.24.